The fourth-order valence-corrected chi connectivity index (χ4v) is 2.88. The molecule has 6 heteroatoms. The van der Waals surface area contributed by atoms with Gasteiger partial charge in [0.1, 0.15) is 12.3 Å². The summed E-state index contributed by atoms with van der Waals surface area (Å²) in [5.41, 5.74) is 2.72. The smallest absolute Gasteiger partial charge is 0.268 e. The lowest BCUT2D eigenvalue weighted by Gasteiger charge is -2.31. The second-order valence-electron chi connectivity index (χ2n) is 6.03. The molecule has 1 atom stereocenters. The first-order valence-corrected chi connectivity index (χ1v) is 8.08. The van der Waals surface area contributed by atoms with Crippen molar-refractivity contribution in [1.29, 1.82) is 0 Å². The molecule has 0 spiro atoms. The van der Waals surface area contributed by atoms with Crippen LogP contribution in [0.2, 0.25) is 0 Å². The Labute approximate surface area is 145 Å². The number of carbonyl (C=O) groups excluding carboxylic acids is 1. The van der Waals surface area contributed by atoms with Gasteiger partial charge in [-0.05, 0) is 32.0 Å². The monoisotopic (exact) mass is 335 g/mol. The van der Waals surface area contributed by atoms with E-state index >= 15 is 0 Å². The predicted octanol–water partition coefficient (Wildman–Crippen LogP) is 3.36. The third kappa shape index (κ3) is 2.87. The number of amides is 1. The Kier molecular flexibility index (Phi) is 3.72. The van der Waals surface area contributed by atoms with Crippen LogP contribution in [0.15, 0.2) is 53.1 Å². The van der Waals surface area contributed by atoms with Gasteiger partial charge in [0.05, 0.1) is 5.69 Å². The second-order valence-corrected chi connectivity index (χ2v) is 6.03. The Morgan fingerprint density at radius 3 is 2.84 bits per heavy atom. The molecule has 0 radical (unpaired) electrons. The molecular weight excluding hydrogens is 318 g/mol. The van der Waals surface area contributed by atoms with Crippen molar-refractivity contribution < 1.29 is 14.1 Å². The number of benzene rings is 2. The molecule has 0 unspecified atom stereocenters. The van der Waals surface area contributed by atoms with Gasteiger partial charge in [0.25, 0.3) is 5.91 Å². The number of carbonyl (C=O) groups is 1. The molecule has 0 saturated carbocycles. The van der Waals surface area contributed by atoms with Crippen molar-refractivity contribution in [2.24, 2.45) is 0 Å². The summed E-state index contributed by atoms with van der Waals surface area (Å²) in [6, 6.07) is 15.3. The van der Waals surface area contributed by atoms with Crippen LogP contribution in [0.5, 0.6) is 5.75 Å². The number of rotatable bonds is 3. The summed E-state index contributed by atoms with van der Waals surface area (Å²) >= 11 is 0. The van der Waals surface area contributed by atoms with E-state index in [2.05, 4.69) is 10.1 Å². The molecule has 4 rings (SSSR count). The highest BCUT2D eigenvalue weighted by Crippen LogP contribution is 2.34. The number of aryl methyl sites for hydroxylation is 1. The minimum atomic E-state index is -0.547. The van der Waals surface area contributed by atoms with Crippen LogP contribution >= 0.6 is 0 Å². The van der Waals surface area contributed by atoms with Crippen molar-refractivity contribution in [3.05, 3.63) is 60.0 Å². The molecule has 1 aromatic heterocycles. The van der Waals surface area contributed by atoms with Crippen LogP contribution in [-0.4, -0.2) is 22.2 Å². The van der Waals surface area contributed by atoms with Gasteiger partial charge < -0.3 is 9.26 Å². The van der Waals surface area contributed by atoms with Crippen molar-refractivity contribution in [2.75, 3.05) is 4.90 Å². The predicted molar refractivity (Wildman–Crippen MR) is 92.2 cm³/mol. The van der Waals surface area contributed by atoms with Crippen LogP contribution < -0.4 is 9.64 Å². The molecule has 2 aromatic carbocycles. The Balaban J connectivity index is 1.63. The number of nitrogens with zero attached hydrogens (tertiary/aromatic N) is 3. The minimum absolute atomic E-state index is 0.131. The Morgan fingerprint density at radius 2 is 2.00 bits per heavy atom. The van der Waals surface area contributed by atoms with E-state index in [9.17, 15) is 4.79 Å². The van der Waals surface area contributed by atoms with Crippen LogP contribution in [0, 0.1) is 6.92 Å². The van der Waals surface area contributed by atoms with Crippen molar-refractivity contribution in [1.82, 2.24) is 10.1 Å². The molecule has 0 N–H and O–H groups in total. The van der Waals surface area contributed by atoms with E-state index in [1.807, 2.05) is 55.5 Å². The van der Waals surface area contributed by atoms with Crippen LogP contribution in [-0.2, 0) is 11.3 Å². The van der Waals surface area contributed by atoms with Gasteiger partial charge >= 0.3 is 0 Å². The zero-order valence-corrected chi connectivity index (χ0v) is 14.0. The fraction of sp³-hybridized carbons (Fsp3) is 0.211. The summed E-state index contributed by atoms with van der Waals surface area (Å²) in [4.78, 5) is 18.6. The van der Waals surface area contributed by atoms with Crippen molar-refractivity contribution in [2.45, 2.75) is 26.5 Å². The van der Waals surface area contributed by atoms with Gasteiger partial charge in [-0.2, -0.15) is 4.98 Å². The van der Waals surface area contributed by atoms with Crippen LogP contribution in [0.3, 0.4) is 0 Å². The average Bonchev–Trinajstić information content (AvgIpc) is 3.08. The quantitative estimate of drug-likeness (QED) is 0.734. The van der Waals surface area contributed by atoms with Gasteiger partial charge in [-0.15, -0.1) is 0 Å². The highest BCUT2D eigenvalue weighted by atomic mass is 16.5. The number of hydrogen-bond donors (Lipinski definition) is 0. The highest BCUT2D eigenvalue weighted by Gasteiger charge is 2.32. The molecule has 6 nitrogen and oxygen atoms in total. The number of fused-ring (bicyclic) bond motifs is 1. The number of para-hydroxylation sites is 2. The number of anilines is 1. The Hall–Kier alpha value is -3.15. The molecule has 3 aromatic rings. The van der Waals surface area contributed by atoms with Gasteiger partial charge in [-0.3, -0.25) is 9.69 Å². The summed E-state index contributed by atoms with van der Waals surface area (Å²) in [6.45, 7) is 3.95. The molecular formula is C19H17N3O3. The van der Waals surface area contributed by atoms with Crippen molar-refractivity contribution in [3.63, 3.8) is 0 Å². The summed E-state index contributed by atoms with van der Waals surface area (Å²) in [5.74, 6) is 1.44. The molecule has 2 heterocycles. The first-order chi connectivity index (χ1) is 12.1. The standard InChI is InChI=1S/C19H17N3O3/c1-12-6-5-7-14(10-12)18-20-17(25-21-18)11-22-15-8-3-4-9-16(15)24-13(2)19(22)23/h3-10,13H,11H2,1-2H3/t13-/m1/s1. The molecule has 1 amide bonds. The van der Waals surface area contributed by atoms with Crippen LogP contribution in [0.25, 0.3) is 11.4 Å². The van der Waals surface area contributed by atoms with E-state index in [1.54, 1.807) is 11.8 Å². The molecule has 126 valence electrons. The van der Waals surface area contributed by atoms with Crippen molar-refractivity contribution >= 4 is 11.6 Å². The third-order valence-electron chi connectivity index (χ3n) is 4.11. The Morgan fingerprint density at radius 1 is 1.16 bits per heavy atom. The molecule has 0 saturated heterocycles. The van der Waals surface area contributed by atoms with E-state index < -0.39 is 6.10 Å². The van der Waals surface area contributed by atoms with Gasteiger partial charge in [0.2, 0.25) is 11.7 Å². The molecule has 1 aliphatic rings. The SMILES string of the molecule is Cc1cccc(-c2noc(CN3C(=O)[C@@H](C)Oc4ccccc43)n2)c1. The molecule has 0 fully saturated rings. The lowest BCUT2D eigenvalue weighted by Crippen LogP contribution is -2.44. The van der Waals surface area contributed by atoms with Crippen LogP contribution in [0.1, 0.15) is 18.4 Å². The van der Waals surface area contributed by atoms with E-state index in [1.165, 1.54) is 0 Å². The average molecular weight is 335 g/mol. The largest absolute Gasteiger partial charge is 0.479 e. The molecule has 25 heavy (non-hydrogen) atoms. The van der Waals surface area contributed by atoms with Gasteiger partial charge in [0, 0.05) is 5.56 Å². The second kappa shape index (κ2) is 6.05. The number of aromatic nitrogens is 2. The van der Waals surface area contributed by atoms with Gasteiger partial charge in [-0.1, -0.05) is 41.1 Å². The normalized spacial score (nSPS) is 16.5. The zero-order chi connectivity index (χ0) is 17.4. The first kappa shape index (κ1) is 15.4. The maximum absolute atomic E-state index is 12.5. The minimum Gasteiger partial charge on any atom is -0.479 e. The fourth-order valence-electron chi connectivity index (χ4n) is 2.88. The topological polar surface area (TPSA) is 68.5 Å². The molecule has 0 aliphatic carbocycles. The molecule has 1 aliphatic heterocycles. The third-order valence-corrected chi connectivity index (χ3v) is 4.11. The summed E-state index contributed by atoms with van der Waals surface area (Å²) < 4.78 is 11.0. The zero-order valence-electron chi connectivity index (χ0n) is 14.0. The van der Waals surface area contributed by atoms with E-state index in [0.29, 0.717) is 23.2 Å². The maximum atomic E-state index is 12.5. The molecule has 0 bridgehead atoms. The van der Waals surface area contributed by atoms with Crippen molar-refractivity contribution in [3.8, 4) is 17.1 Å². The van der Waals surface area contributed by atoms with Crippen LogP contribution in [0.4, 0.5) is 5.69 Å². The van der Waals surface area contributed by atoms with E-state index in [-0.39, 0.29) is 12.5 Å². The summed E-state index contributed by atoms with van der Waals surface area (Å²) in [6.07, 6.45) is -0.547. The van der Waals surface area contributed by atoms with E-state index in [4.69, 9.17) is 9.26 Å². The number of ether oxygens (including phenoxy) is 1. The number of hydrogen-bond acceptors (Lipinski definition) is 5. The Bertz CT molecular complexity index is 935. The summed E-state index contributed by atoms with van der Waals surface area (Å²) in [7, 11) is 0. The first-order valence-electron chi connectivity index (χ1n) is 8.08. The van der Waals surface area contributed by atoms with E-state index in [0.717, 1.165) is 11.1 Å². The lowest BCUT2D eigenvalue weighted by molar-refractivity contribution is -0.125. The van der Waals surface area contributed by atoms with Gasteiger partial charge in [-0.25, -0.2) is 0 Å². The summed E-state index contributed by atoms with van der Waals surface area (Å²) in [5, 5.41) is 4.04. The lowest BCUT2D eigenvalue weighted by atomic mass is 10.1. The highest BCUT2D eigenvalue weighted by molar-refractivity contribution is 5.99. The maximum Gasteiger partial charge on any atom is 0.268 e. The van der Waals surface area contributed by atoms with Gasteiger partial charge in [0.15, 0.2) is 6.10 Å².